The molecule has 1 saturated heterocycles. The van der Waals surface area contributed by atoms with Crippen LogP contribution in [0.1, 0.15) is 64.4 Å². The molecule has 1 aliphatic heterocycles. The summed E-state index contributed by atoms with van der Waals surface area (Å²) in [6, 6.07) is 6.94. The summed E-state index contributed by atoms with van der Waals surface area (Å²) in [6.07, 6.45) is 5.25. The van der Waals surface area contributed by atoms with Crippen LogP contribution < -0.4 is 0 Å². The molecule has 0 spiro atoms. The van der Waals surface area contributed by atoms with E-state index >= 15 is 0 Å². The molecule has 178 valence electrons. The maximum atomic E-state index is 14.4. The number of halogens is 2. The molecule has 0 radical (unpaired) electrons. The summed E-state index contributed by atoms with van der Waals surface area (Å²) in [7, 11) is 0. The lowest BCUT2D eigenvalue weighted by atomic mass is 10.0. The summed E-state index contributed by atoms with van der Waals surface area (Å²) in [6.45, 7) is 4.96. The second kappa shape index (κ2) is 12.7. The van der Waals surface area contributed by atoms with Gasteiger partial charge < -0.3 is 14.7 Å². The number of alkyl halides is 2. The Morgan fingerprint density at radius 2 is 1.91 bits per heavy atom. The second-order valence-corrected chi connectivity index (χ2v) is 8.75. The van der Waals surface area contributed by atoms with Crippen molar-refractivity contribution in [3.63, 3.8) is 0 Å². The lowest BCUT2D eigenvalue weighted by Crippen LogP contribution is -2.34. The van der Waals surface area contributed by atoms with Crippen molar-refractivity contribution in [2.45, 2.75) is 76.9 Å². The molecule has 0 saturated carbocycles. The molecule has 1 aliphatic rings. The SMILES string of the molecule is CC(C)COC(=O)CCCCCCN1C(=O)CC[C@@H]1/C=C/C(O)C(F)(F)c1ccccc1. The third kappa shape index (κ3) is 8.01. The van der Waals surface area contributed by atoms with E-state index < -0.39 is 12.0 Å². The molecule has 1 heterocycles. The molecule has 1 aromatic carbocycles. The fourth-order valence-electron chi connectivity index (χ4n) is 3.67. The Labute approximate surface area is 189 Å². The fraction of sp³-hybridized carbons (Fsp3) is 0.600. The monoisotopic (exact) mass is 451 g/mol. The number of aliphatic hydroxyl groups is 1. The summed E-state index contributed by atoms with van der Waals surface area (Å²) >= 11 is 0. The Bertz CT molecular complexity index is 752. The van der Waals surface area contributed by atoms with E-state index in [0.29, 0.717) is 38.3 Å². The van der Waals surface area contributed by atoms with Gasteiger partial charge in [-0.2, -0.15) is 8.78 Å². The first kappa shape index (κ1) is 26.0. The van der Waals surface area contributed by atoms with Gasteiger partial charge in [0.15, 0.2) is 0 Å². The molecular weight excluding hydrogens is 416 g/mol. The Hall–Kier alpha value is -2.28. The van der Waals surface area contributed by atoms with Crippen molar-refractivity contribution in [1.29, 1.82) is 0 Å². The number of hydrogen-bond donors (Lipinski definition) is 1. The number of esters is 1. The number of carbonyl (C=O) groups is 2. The summed E-state index contributed by atoms with van der Waals surface area (Å²) in [5.74, 6) is -3.25. The first-order valence-electron chi connectivity index (χ1n) is 11.5. The number of unbranched alkanes of at least 4 members (excludes halogenated alkanes) is 3. The maximum Gasteiger partial charge on any atom is 0.305 e. The quantitative estimate of drug-likeness (QED) is 0.265. The van der Waals surface area contributed by atoms with Gasteiger partial charge in [-0.3, -0.25) is 9.59 Å². The molecular formula is C25H35F2NO4. The van der Waals surface area contributed by atoms with E-state index in [0.717, 1.165) is 31.8 Å². The van der Waals surface area contributed by atoms with Gasteiger partial charge in [0, 0.05) is 24.9 Å². The molecule has 32 heavy (non-hydrogen) atoms. The Balaban J connectivity index is 1.75. The Kier molecular flexibility index (Phi) is 10.3. The minimum atomic E-state index is -3.40. The number of carbonyl (C=O) groups excluding carboxylic acids is 2. The molecule has 1 N–H and O–H groups in total. The molecule has 0 aromatic heterocycles. The van der Waals surface area contributed by atoms with Crippen LogP contribution in [0.5, 0.6) is 0 Å². The molecule has 0 aliphatic carbocycles. The molecule has 5 nitrogen and oxygen atoms in total. The van der Waals surface area contributed by atoms with Crippen molar-refractivity contribution in [2.75, 3.05) is 13.2 Å². The van der Waals surface area contributed by atoms with Gasteiger partial charge in [0.05, 0.1) is 12.6 Å². The van der Waals surface area contributed by atoms with Crippen LogP contribution in [0.25, 0.3) is 0 Å². The molecule has 1 fully saturated rings. The molecule has 2 rings (SSSR count). The van der Waals surface area contributed by atoms with Crippen LogP contribution >= 0.6 is 0 Å². The number of aliphatic hydroxyl groups excluding tert-OH is 1. The van der Waals surface area contributed by atoms with E-state index in [1.807, 2.05) is 13.8 Å². The molecule has 0 bridgehead atoms. The first-order valence-corrected chi connectivity index (χ1v) is 11.5. The van der Waals surface area contributed by atoms with Gasteiger partial charge in [0.2, 0.25) is 5.91 Å². The highest BCUT2D eigenvalue weighted by Gasteiger charge is 2.39. The summed E-state index contributed by atoms with van der Waals surface area (Å²) < 4.78 is 34.0. The highest BCUT2D eigenvalue weighted by Crippen LogP contribution is 2.32. The van der Waals surface area contributed by atoms with E-state index in [4.69, 9.17) is 4.74 Å². The Morgan fingerprint density at radius 3 is 2.59 bits per heavy atom. The van der Waals surface area contributed by atoms with Crippen LogP contribution in [0.3, 0.4) is 0 Å². The van der Waals surface area contributed by atoms with Crippen molar-refractivity contribution < 1.29 is 28.2 Å². The lowest BCUT2D eigenvalue weighted by molar-refractivity contribution is -0.144. The minimum Gasteiger partial charge on any atom is -0.465 e. The Morgan fingerprint density at radius 1 is 1.22 bits per heavy atom. The van der Waals surface area contributed by atoms with E-state index in [1.54, 1.807) is 11.0 Å². The first-order chi connectivity index (χ1) is 15.2. The van der Waals surface area contributed by atoms with Crippen LogP contribution in [-0.2, 0) is 20.2 Å². The number of rotatable bonds is 13. The minimum absolute atomic E-state index is 0.00113. The zero-order chi connectivity index (χ0) is 23.6. The number of ether oxygens (including phenoxy) is 1. The molecule has 1 unspecified atom stereocenters. The number of likely N-dealkylation sites (tertiary alicyclic amines) is 1. The van der Waals surface area contributed by atoms with Gasteiger partial charge in [0.25, 0.3) is 0 Å². The maximum absolute atomic E-state index is 14.4. The average molecular weight is 452 g/mol. The highest BCUT2D eigenvalue weighted by molar-refractivity contribution is 5.79. The van der Waals surface area contributed by atoms with Crippen molar-refractivity contribution >= 4 is 11.9 Å². The van der Waals surface area contributed by atoms with Gasteiger partial charge in [-0.15, -0.1) is 0 Å². The molecule has 1 aromatic rings. The predicted octanol–water partition coefficient (Wildman–Crippen LogP) is 4.84. The summed E-state index contributed by atoms with van der Waals surface area (Å²) in [5, 5.41) is 10.1. The average Bonchev–Trinajstić information content (AvgIpc) is 3.12. The van der Waals surface area contributed by atoms with E-state index in [2.05, 4.69) is 0 Å². The number of nitrogens with zero attached hydrogens (tertiary/aromatic N) is 1. The van der Waals surface area contributed by atoms with E-state index in [1.165, 1.54) is 30.3 Å². The number of benzene rings is 1. The third-order valence-corrected chi connectivity index (χ3v) is 5.53. The van der Waals surface area contributed by atoms with Gasteiger partial charge in [-0.1, -0.05) is 69.2 Å². The third-order valence-electron chi connectivity index (χ3n) is 5.53. The van der Waals surface area contributed by atoms with E-state index in [-0.39, 0.29) is 23.5 Å². The standard InChI is InChI=1S/C25H35F2NO4/c1-19(2)18-32-24(31)12-8-3-4-9-17-28-21(14-16-23(28)30)13-15-22(29)25(26,27)20-10-6-5-7-11-20/h5-7,10-11,13,15,19,21-22,29H,3-4,8-9,12,14,16-18H2,1-2H3/b15-13+/t21-,22?/m0/s1. The predicted molar refractivity (Wildman–Crippen MR) is 119 cm³/mol. The fourth-order valence-corrected chi connectivity index (χ4v) is 3.67. The zero-order valence-corrected chi connectivity index (χ0v) is 19.0. The van der Waals surface area contributed by atoms with Crippen LogP contribution in [0.15, 0.2) is 42.5 Å². The molecule has 1 amide bonds. The largest absolute Gasteiger partial charge is 0.465 e. The van der Waals surface area contributed by atoms with Crippen LogP contribution in [0, 0.1) is 5.92 Å². The van der Waals surface area contributed by atoms with Crippen LogP contribution in [0.4, 0.5) is 8.78 Å². The van der Waals surface area contributed by atoms with Gasteiger partial charge in [0.1, 0.15) is 6.10 Å². The van der Waals surface area contributed by atoms with Crippen LogP contribution in [-0.4, -0.2) is 47.2 Å². The lowest BCUT2D eigenvalue weighted by Gasteiger charge is -2.24. The number of hydrogen-bond acceptors (Lipinski definition) is 4. The van der Waals surface area contributed by atoms with Gasteiger partial charge >= 0.3 is 11.9 Å². The van der Waals surface area contributed by atoms with Crippen molar-refractivity contribution in [2.24, 2.45) is 5.92 Å². The summed E-state index contributed by atoms with van der Waals surface area (Å²) in [5.41, 5.74) is -0.246. The summed E-state index contributed by atoms with van der Waals surface area (Å²) in [4.78, 5) is 25.5. The highest BCUT2D eigenvalue weighted by atomic mass is 19.3. The molecule has 7 heteroatoms. The van der Waals surface area contributed by atoms with Gasteiger partial charge in [-0.05, 0) is 25.2 Å². The molecule has 2 atom stereocenters. The smallest absolute Gasteiger partial charge is 0.305 e. The van der Waals surface area contributed by atoms with Crippen LogP contribution in [0.2, 0.25) is 0 Å². The van der Waals surface area contributed by atoms with Crippen molar-refractivity contribution in [3.05, 3.63) is 48.0 Å². The van der Waals surface area contributed by atoms with Crippen molar-refractivity contribution in [1.82, 2.24) is 4.90 Å². The normalized spacial score (nSPS) is 18.0. The zero-order valence-electron chi connectivity index (χ0n) is 19.0. The van der Waals surface area contributed by atoms with Crippen molar-refractivity contribution in [3.8, 4) is 0 Å². The second-order valence-electron chi connectivity index (χ2n) is 8.75. The topological polar surface area (TPSA) is 66.8 Å². The van der Waals surface area contributed by atoms with Gasteiger partial charge in [-0.25, -0.2) is 0 Å². The van der Waals surface area contributed by atoms with E-state index in [9.17, 15) is 23.5 Å². The number of amides is 1.